The first kappa shape index (κ1) is 19.4. The third kappa shape index (κ3) is 7.25. The lowest BCUT2D eigenvalue weighted by Crippen LogP contribution is -2.52. The van der Waals surface area contributed by atoms with Gasteiger partial charge in [0.25, 0.3) is 0 Å². The largest absolute Gasteiger partial charge is 0.468 e. The van der Waals surface area contributed by atoms with Crippen LogP contribution in [-0.2, 0) is 9.53 Å². The molecule has 0 saturated heterocycles. The van der Waals surface area contributed by atoms with Crippen LogP contribution < -0.4 is 5.32 Å². The van der Waals surface area contributed by atoms with Gasteiger partial charge in [0.2, 0.25) is 0 Å². The number of nitrogens with zero attached hydrogens (tertiary/aromatic N) is 1. The van der Waals surface area contributed by atoms with E-state index in [2.05, 4.69) is 31.0 Å². The van der Waals surface area contributed by atoms with Gasteiger partial charge in [-0.1, -0.05) is 46.5 Å². The van der Waals surface area contributed by atoms with E-state index in [1.165, 1.54) is 26.4 Å². The summed E-state index contributed by atoms with van der Waals surface area (Å²) in [7, 11) is 1.47. The minimum absolute atomic E-state index is 0.145. The summed E-state index contributed by atoms with van der Waals surface area (Å²) in [6, 6.07) is 0. The highest BCUT2D eigenvalue weighted by atomic mass is 16.5. The van der Waals surface area contributed by atoms with E-state index < -0.39 is 5.54 Å². The summed E-state index contributed by atoms with van der Waals surface area (Å²) in [5.41, 5.74) is -0.546. The van der Waals surface area contributed by atoms with E-state index in [4.69, 9.17) is 4.74 Å². The van der Waals surface area contributed by atoms with Crippen LogP contribution in [0.15, 0.2) is 0 Å². The summed E-state index contributed by atoms with van der Waals surface area (Å²) in [5, 5.41) is 3.41. The van der Waals surface area contributed by atoms with Gasteiger partial charge in [-0.25, -0.2) is 0 Å². The second-order valence-electron chi connectivity index (χ2n) is 5.59. The van der Waals surface area contributed by atoms with Crippen molar-refractivity contribution >= 4 is 5.97 Å². The van der Waals surface area contributed by atoms with Crippen LogP contribution in [0, 0.1) is 0 Å². The number of hydrogen-bond acceptors (Lipinski definition) is 4. The van der Waals surface area contributed by atoms with Gasteiger partial charge >= 0.3 is 5.97 Å². The molecule has 0 aromatic carbocycles. The summed E-state index contributed by atoms with van der Waals surface area (Å²) < 4.78 is 4.97. The molecule has 0 saturated carbocycles. The highest BCUT2D eigenvalue weighted by molar-refractivity contribution is 5.80. The Hall–Kier alpha value is -0.610. The Morgan fingerprint density at radius 2 is 1.80 bits per heavy atom. The van der Waals surface area contributed by atoms with Crippen molar-refractivity contribution in [3.63, 3.8) is 0 Å². The van der Waals surface area contributed by atoms with Crippen molar-refractivity contribution in [2.75, 3.05) is 33.3 Å². The quantitative estimate of drug-likeness (QED) is 0.442. The van der Waals surface area contributed by atoms with E-state index in [0.29, 0.717) is 0 Å². The molecule has 0 fully saturated rings. The third-order valence-electron chi connectivity index (χ3n) is 4.00. The number of carbonyl (C=O) groups is 1. The van der Waals surface area contributed by atoms with E-state index in [1.54, 1.807) is 0 Å². The molecule has 0 radical (unpaired) electrons. The van der Waals surface area contributed by atoms with Gasteiger partial charge in [0.05, 0.1) is 7.11 Å². The van der Waals surface area contributed by atoms with Crippen molar-refractivity contribution in [2.45, 2.75) is 65.3 Å². The molecule has 0 aliphatic heterocycles. The summed E-state index contributed by atoms with van der Waals surface area (Å²) in [6.07, 6.45) is 5.54. The maximum atomic E-state index is 12.0. The Balaban J connectivity index is 4.28. The number of hydrogen-bond donors (Lipinski definition) is 1. The van der Waals surface area contributed by atoms with E-state index in [-0.39, 0.29) is 5.97 Å². The maximum absolute atomic E-state index is 12.0. The predicted octanol–water partition coefficient (Wildman–Crippen LogP) is 2.82. The second-order valence-corrected chi connectivity index (χ2v) is 5.59. The van der Waals surface area contributed by atoms with Gasteiger partial charge in [-0.15, -0.1) is 0 Å². The molecule has 4 nitrogen and oxygen atoms in total. The fraction of sp³-hybridized carbons (Fsp3) is 0.938. The molecule has 1 N–H and O–H groups in total. The zero-order valence-electron chi connectivity index (χ0n) is 14.1. The van der Waals surface area contributed by atoms with Gasteiger partial charge in [-0.2, -0.15) is 0 Å². The van der Waals surface area contributed by atoms with Crippen molar-refractivity contribution in [1.29, 1.82) is 0 Å². The smallest absolute Gasteiger partial charge is 0.325 e. The van der Waals surface area contributed by atoms with Crippen molar-refractivity contribution in [2.24, 2.45) is 0 Å². The molecule has 4 heteroatoms. The predicted molar refractivity (Wildman–Crippen MR) is 85.0 cm³/mol. The lowest BCUT2D eigenvalue weighted by atomic mass is 9.94. The standard InChI is InChI=1S/C16H34N2O2/c1-6-9-10-11-12-16(4,15(19)20-5)17-13-14-18(7-2)8-3/h17H,6-14H2,1-5H3. The number of ether oxygens (including phenoxy) is 1. The monoisotopic (exact) mass is 286 g/mol. The average molecular weight is 286 g/mol. The fourth-order valence-corrected chi connectivity index (χ4v) is 2.42. The van der Waals surface area contributed by atoms with E-state index in [9.17, 15) is 4.79 Å². The number of esters is 1. The number of unbranched alkanes of at least 4 members (excludes halogenated alkanes) is 3. The van der Waals surface area contributed by atoms with Gasteiger partial charge in [0, 0.05) is 13.1 Å². The van der Waals surface area contributed by atoms with Crippen molar-refractivity contribution < 1.29 is 9.53 Å². The second kappa shape index (κ2) is 11.1. The summed E-state index contributed by atoms with van der Waals surface area (Å²) in [6.45, 7) is 12.4. The van der Waals surface area contributed by atoms with Gasteiger partial charge in [-0.3, -0.25) is 4.79 Å². The first-order chi connectivity index (χ1) is 9.53. The van der Waals surface area contributed by atoms with E-state index >= 15 is 0 Å². The molecule has 0 aromatic heterocycles. The Morgan fingerprint density at radius 3 is 2.30 bits per heavy atom. The molecule has 0 heterocycles. The highest BCUT2D eigenvalue weighted by Gasteiger charge is 2.32. The van der Waals surface area contributed by atoms with Gasteiger partial charge in [-0.05, 0) is 26.4 Å². The highest BCUT2D eigenvalue weighted by Crippen LogP contribution is 2.17. The molecular formula is C16H34N2O2. The van der Waals surface area contributed by atoms with E-state index in [0.717, 1.165) is 39.0 Å². The van der Waals surface area contributed by atoms with Gasteiger partial charge < -0.3 is 15.0 Å². The Morgan fingerprint density at radius 1 is 1.15 bits per heavy atom. The molecule has 0 amide bonds. The molecule has 0 rings (SSSR count). The number of carbonyl (C=O) groups excluding carboxylic acids is 1. The Bertz CT molecular complexity index is 255. The Kier molecular flexibility index (Phi) is 10.8. The van der Waals surface area contributed by atoms with Crippen molar-refractivity contribution in [3.05, 3.63) is 0 Å². The molecule has 0 spiro atoms. The summed E-state index contributed by atoms with van der Waals surface area (Å²) >= 11 is 0. The fourth-order valence-electron chi connectivity index (χ4n) is 2.42. The molecule has 1 unspecified atom stereocenters. The normalized spacial score (nSPS) is 14.3. The SMILES string of the molecule is CCCCCCC(C)(NCCN(CC)CC)C(=O)OC. The van der Waals surface area contributed by atoms with Crippen LogP contribution in [-0.4, -0.2) is 49.7 Å². The lowest BCUT2D eigenvalue weighted by Gasteiger charge is -2.29. The number of rotatable bonds is 12. The zero-order chi connectivity index (χ0) is 15.4. The molecule has 0 aliphatic rings. The molecule has 120 valence electrons. The van der Waals surface area contributed by atoms with Gasteiger partial charge in [0.1, 0.15) is 5.54 Å². The van der Waals surface area contributed by atoms with Crippen molar-refractivity contribution in [1.82, 2.24) is 10.2 Å². The van der Waals surface area contributed by atoms with Crippen LogP contribution in [0.1, 0.15) is 59.8 Å². The molecule has 20 heavy (non-hydrogen) atoms. The molecule has 0 aromatic rings. The number of likely N-dealkylation sites (N-methyl/N-ethyl adjacent to an activating group) is 1. The minimum atomic E-state index is -0.546. The summed E-state index contributed by atoms with van der Waals surface area (Å²) in [5.74, 6) is -0.145. The van der Waals surface area contributed by atoms with Gasteiger partial charge in [0.15, 0.2) is 0 Å². The lowest BCUT2D eigenvalue weighted by molar-refractivity contribution is -0.148. The third-order valence-corrected chi connectivity index (χ3v) is 4.00. The zero-order valence-corrected chi connectivity index (χ0v) is 14.1. The first-order valence-corrected chi connectivity index (χ1v) is 8.09. The maximum Gasteiger partial charge on any atom is 0.325 e. The van der Waals surface area contributed by atoms with Crippen LogP contribution in [0.5, 0.6) is 0 Å². The Labute approximate surface area is 125 Å². The van der Waals surface area contributed by atoms with Crippen LogP contribution in [0.25, 0.3) is 0 Å². The molecular weight excluding hydrogens is 252 g/mol. The van der Waals surface area contributed by atoms with Crippen LogP contribution >= 0.6 is 0 Å². The number of methoxy groups -OCH3 is 1. The molecule has 1 atom stereocenters. The number of nitrogens with one attached hydrogen (secondary N) is 1. The van der Waals surface area contributed by atoms with Crippen LogP contribution in [0.2, 0.25) is 0 Å². The first-order valence-electron chi connectivity index (χ1n) is 8.09. The average Bonchev–Trinajstić information content (AvgIpc) is 2.47. The van der Waals surface area contributed by atoms with E-state index in [1.807, 2.05) is 6.92 Å². The van der Waals surface area contributed by atoms with Crippen LogP contribution in [0.4, 0.5) is 0 Å². The van der Waals surface area contributed by atoms with Crippen molar-refractivity contribution in [3.8, 4) is 0 Å². The van der Waals surface area contributed by atoms with Crippen LogP contribution in [0.3, 0.4) is 0 Å². The topological polar surface area (TPSA) is 41.6 Å². The molecule has 0 bridgehead atoms. The molecule has 0 aliphatic carbocycles. The minimum Gasteiger partial charge on any atom is -0.468 e. The summed E-state index contributed by atoms with van der Waals surface area (Å²) in [4.78, 5) is 14.4.